The predicted octanol–water partition coefficient (Wildman–Crippen LogP) is 1.49. The summed E-state index contributed by atoms with van der Waals surface area (Å²) >= 11 is 0. The van der Waals surface area contributed by atoms with Gasteiger partial charge in [0.05, 0.1) is 12.4 Å². The van der Waals surface area contributed by atoms with Gasteiger partial charge in [-0.25, -0.2) is 0 Å². The van der Waals surface area contributed by atoms with Gasteiger partial charge in [-0.05, 0) is 39.4 Å². The van der Waals surface area contributed by atoms with Crippen molar-refractivity contribution in [1.29, 1.82) is 0 Å². The molecule has 1 amide bonds. The summed E-state index contributed by atoms with van der Waals surface area (Å²) < 4.78 is 0. The van der Waals surface area contributed by atoms with Crippen molar-refractivity contribution in [2.75, 3.05) is 0 Å². The fourth-order valence-electron chi connectivity index (χ4n) is 3.79. The van der Waals surface area contributed by atoms with Crippen LogP contribution in [0.1, 0.15) is 27.0 Å². The van der Waals surface area contributed by atoms with E-state index in [-0.39, 0.29) is 41.0 Å². The molecule has 0 atom stereocenters. The summed E-state index contributed by atoms with van der Waals surface area (Å²) in [6, 6.07) is 34.4. The van der Waals surface area contributed by atoms with Gasteiger partial charge in [0.25, 0.3) is 0 Å². The fraction of sp³-hybridized carbons (Fsp3) is 0.103. The van der Waals surface area contributed by atoms with Crippen LogP contribution >= 0.6 is 0 Å². The Morgan fingerprint density at radius 1 is 0.618 bits per heavy atom. The van der Waals surface area contributed by atoms with Crippen LogP contribution in [0, 0.1) is 0 Å². The molecular weight excluding hydrogens is 433 g/mol. The minimum Gasteiger partial charge on any atom is -0.545 e. The molecule has 0 heterocycles. The normalized spacial score (nSPS) is 10.2. The second-order valence-corrected chi connectivity index (χ2v) is 7.96. The molecule has 0 saturated carbocycles. The maximum absolute atomic E-state index is 13.2. The zero-order chi connectivity index (χ0) is 23.0. The molecule has 0 spiro atoms. The van der Waals surface area contributed by atoms with E-state index in [0.717, 1.165) is 27.8 Å². The van der Waals surface area contributed by atoms with Gasteiger partial charge in [-0.3, -0.25) is 4.79 Å². The van der Waals surface area contributed by atoms with Crippen LogP contribution in [0.5, 0.6) is 0 Å². The number of amides is 1. The molecule has 0 bridgehead atoms. The summed E-state index contributed by atoms with van der Waals surface area (Å²) in [4.78, 5) is 26.1. The monoisotopic (exact) mass is 457 g/mol. The van der Waals surface area contributed by atoms with Crippen molar-refractivity contribution in [3.05, 3.63) is 131 Å². The predicted molar refractivity (Wildman–Crippen MR) is 127 cm³/mol. The summed E-state index contributed by atoms with van der Waals surface area (Å²) in [6.07, 6.45) is 0.345. The number of carbonyl (C=O) groups excluding carboxylic acids is 2. The average molecular weight is 458 g/mol. The second kappa shape index (κ2) is 12.3. The van der Waals surface area contributed by atoms with Crippen LogP contribution in [0.3, 0.4) is 0 Å². The van der Waals surface area contributed by atoms with Gasteiger partial charge < -0.3 is 14.8 Å². The Morgan fingerprint density at radius 3 is 1.79 bits per heavy atom. The maximum Gasteiger partial charge on any atom is 1.00 e. The van der Waals surface area contributed by atoms with E-state index in [1.165, 1.54) is 0 Å². The number of rotatable bonds is 8. The van der Waals surface area contributed by atoms with E-state index in [9.17, 15) is 14.7 Å². The molecule has 164 valence electrons. The zero-order valence-corrected chi connectivity index (χ0v) is 21.2. The SMILES string of the molecule is O=C([O-])c1ccc(-c2cccc(CN(Cc3ccccc3)C(=O)Cc3ccccc3)c2)cc1.[Na+]. The fourth-order valence-corrected chi connectivity index (χ4v) is 3.79. The smallest absolute Gasteiger partial charge is 0.545 e. The minimum atomic E-state index is -1.19. The Balaban J connectivity index is 0.00000324. The number of carboxylic acids is 1. The molecule has 4 nitrogen and oxygen atoms in total. The molecule has 4 rings (SSSR count). The molecule has 0 aliphatic heterocycles. The van der Waals surface area contributed by atoms with Crippen molar-refractivity contribution in [3.63, 3.8) is 0 Å². The van der Waals surface area contributed by atoms with Gasteiger partial charge >= 0.3 is 29.6 Å². The molecular formula is C29H24NNaO3. The molecule has 0 unspecified atom stereocenters. The average Bonchev–Trinajstić information content (AvgIpc) is 2.85. The van der Waals surface area contributed by atoms with E-state index in [1.54, 1.807) is 24.3 Å². The van der Waals surface area contributed by atoms with Crippen molar-refractivity contribution in [1.82, 2.24) is 4.90 Å². The number of nitrogens with zero attached hydrogens (tertiary/aromatic N) is 1. The van der Waals surface area contributed by atoms with Crippen molar-refractivity contribution in [2.45, 2.75) is 19.5 Å². The molecule has 0 N–H and O–H groups in total. The number of hydrogen-bond acceptors (Lipinski definition) is 3. The third-order valence-corrected chi connectivity index (χ3v) is 5.52. The standard InChI is InChI=1S/C29H25NO3.Na/c31-28(19-22-8-3-1-4-9-22)30(20-23-10-5-2-6-11-23)21-24-12-7-13-27(18-24)25-14-16-26(17-15-25)29(32)33;/h1-18H,19-21H2,(H,32,33);/q;+1/p-1. The van der Waals surface area contributed by atoms with E-state index in [4.69, 9.17) is 0 Å². The van der Waals surface area contributed by atoms with Gasteiger partial charge in [-0.15, -0.1) is 0 Å². The Morgan fingerprint density at radius 2 is 1.18 bits per heavy atom. The van der Waals surface area contributed by atoms with Gasteiger partial charge in [0.15, 0.2) is 0 Å². The van der Waals surface area contributed by atoms with Gasteiger partial charge in [0, 0.05) is 13.1 Å². The summed E-state index contributed by atoms with van der Waals surface area (Å²) in [5.41, 5.74) is 5.10. The first-order chi connectivity index (χ1) is 16.1. The third kappa shape index (κ3) is 6.91. The molecule has 5 heteroatoms. The largest absolute Gasteiger partial charge is 1.00 e. The third-order valence-electron chi connectivity index (χ3n) is 5.52. The first kappa shape index (κ1) is 25.4. The Labute approximate surface area is 222 Å². The molecule has 4 aromatic carbocycles. The Hall–Kier alpha value is -3.18. The molecule has 34 heavy (non-hydrogen) atoms. The number of hydrogen-bond donors (Lipinski definition) is 0. The van der Waals surface area contributed by atoms with Gasteiger partial charge in [-0.2, -0.15) is 0 Å². The second-order valence-electron chi connectivity index (χ2n) is 7.96. The quantitative estimate of drug-likeness (QED) is 0.377. The first-order valence-corrected chi connectivity index (χ1v) is 10.8. The Kier molecular flexibility index (Phi) is 9.23. The van der Waals surface area contributed by atoms with Crippen molar-refractivity contribution >= 4 is 11.9 Å². The van der Waals surface area contributed by atoms with Gasteiger partial charge in [-0.1, -0.05) is 103 Å². The van der Waals surface area contributed by atoms with Crippen LogP contribution in [-0.4, -0.2) is 16.8 Å². The number of carbonyl (C=O) groups is 2. The van der Waals surface area contributed by atoms with Gasteiger partial charge in [0.1, 0.15) is 0 Å². The first-order valence-electron chi connectivity index (χ1n) is 10.8. The Bertz CT molecular complexity index is 1230. The van der Waals surface area contributed by atoms with Gasteiger partial charge in [0.2, 0.25) is 5.91 Å². The summed E-state index contributed by atoms with van der Waals surface area (Å²) in [7, 11) is 0. The summed E-state index contributed by atoms with van der Waals surface area (Å²) in [5.74, 6) is -1.13. The zero-order valence-electron chi connectivity index (χ0n) is 19.2. The molecule has 0 radical (unpaired) electrons. The van der Waals surface area contributed by atoms with Crippen LogP contribution in [0.15, 0.2) is 109 Å². The van der Waals surface area contributed by atoms with Crippen molar-refractivity contribution in [3.8, 4) is 11.1 Å². The van der Waals surface area contributed by atoms with Crippen molar-refractivity contribution in [2.24, 2.45) is 0 Å². The van der Waals surface area contributed by atoms with E-state index < -0.39 is 5.97 Å². The van der Waals surface area contributed by atoms with Crippen LogP contribution in [0.25, 0.3) is 11.1 Å². The number of carboxylic acid groups (broad SMARTS) is 1. The van der Waals surface area contributed by atoms with E-state index in [0.29, 0.717) is 19.5 Å². The molecule has 0 saturated heterocycles. The molecule has 0 aliphatic rings. The van der Waals surface area contributed by atoms with Crippen LogP contribution in [0.2, 0.25) is 0 Å². The number of benzene rings is 4. The van der Waals surface area contributed by atoms with Crippen molar-refractivity contribution < 1.29 is 44.3 Å². The minimum absolute atomic E-state index is 0. The molecule has 0 aliphatic carbocycles. The van der Waals surface area contributed by atoms with Crippen LogP contribution in [0.4, 0.5) is 0 Å². The summed E-state index contributed by atoms with van der Waals surface area (Å²) in [6.45, 7) is 1.00. The van der Waals surface area contributed by atoms with E-state index in [2.05, 4.69) is 0 Å². The van der Waals surface area contributed by atoms with Crippen LogP contribution < -0.4 is 34.7 Å². The molecule has 0 aromatic heterocycles. The molecule has 0 fully saturated rings. The van der Waals surface area contributed by atoms with Crippen LogP contribution in [-0.2, 0) is 24.3 Å². The number of aromatic carboxylic acids is 1. The van der Waals surface area contributed by atoms with E-state index in [1.807, 2.05) is 89.8 Å². The maximum atomic E-state index is 13.2. The summed E-state index contributed by atoms with van der Waals surface area (Å²) in [5, 5.41) is 11.0. The topological polar surface area (TPSA) is 60.4 Å². The van der Waals surface area contributed by atoms with E-state index >= 15 is 0 Å². The molecule has 4 aromatic rings.